The summed E-state index contributed by atoms with van der Waals surface area (Å²) in [5, 5.41) is 18.3. The van der Waals surface area contributed by atoms with Gasteiger partial charge in [-0.1, -0.05) is 0 Å². The Balaban J connectivity index is 3.40. The van der Waals surface area contributed by atoms with E-state index in [1.807, 2.05) is 0 Å². The molecule has 0 saturated carbocycles. The molecule has 0 aliphatic carbocycles. The number of hydrogen-bond acceptors (Lipinski definition) is 4. The van der Waals surface area contributed by atoms with Crippen LogP contribution in [0.5, 0.6) is 5.88 Å². The second kappa shape index (κ2) is 5.70. The zero-order valence-electron chi connectivity index (χ0n) is 9.03. The Labute approximate surface area is 105 Å². The molecule has 0 saturated heterocycles. The van der Waals surface area contributed by atoms with E-state index in [4.69, 9.17) is 4.74 Å². The van der Waals surface area contributed by atoms with E-state index >= 15 is 0 Å². The highest BCUT2D eigenvalue weighted by Crippen LogP contribution is 2.36. The first-order chi connectivity index (χ1) is 8.01. The standard InChI is InChI=1S/C10H12BrF2NO3/c1-17-8-7(2-6(11)3-14-8)10(4-15,5-16)9(12)13/h2-3,9,15-16H,4-5H2,1H3. The van der Waals surface area contributed by atoms with E-state index in [2.05, 4.69) is 20.9 Å². The monoisotopic (exact) mass is 311 g/mol. The van der Waals surface area contributed by atoms with Gasteiger partial charge < -0.3 is 14.9 Å². The third-order valence-electron chi connectivity index (χ3n) is 2.53. The number of rotatable bonds is 5. The minimum absolute atomic E-state index is 0.0330. The van der Waals surface area contributed by atoms with Crippen molar-refractivity contribution in [1.82, 2.24) is 4.98 Å². The van der Waals surface area contributed by atoms with E-state index in [1.165, 1.54) is 19.4 Å². The second-order valence-electron chi connectivity index (χ2n) is 3.48. The average molecular weight is 312 g/mol. The van der Waals surface area contributed by atoms with Gasteiger partial charge in [-0.05, 0) is 22.0 Å². The molecule has 0 aromatic carbocycles. The van der Waals surface area contributed by atoms with Gasteiger partial charge in [-0.25, -0.2) is 13.8 Å². The Bertz CT molecular complexity index is 386. The van der Waals surface area contributed by atoms with E-state index in [9.17, 15) is 19.0 Å². The summed E-state index contributed by atoms with van der Waals surface area (Å²) in [6.45, 7) is -1.81. The fraction of sp³-hybridized carbons (Fsp3) is 0.500. The number of pyridine rings is 1. The zero-order chi connectivity index (χ0) is 13.1. The van der Waals surface area contributed by atoms with Crippen molar-refractivity contribution < 1.29 is 23.7 Å². The molecule has 1 aromatic heterocycles. The molecule has 1 rings (SSSR count). The Hall–Kier alpha value is -0.790. The van der Waals surface area contributed by atoms with Gasteiger partial charge in [-0.3, -0.25) is 0 Å². The number of nitrogens with zero attached hydrogens (tertiary/aromatic N) is 1. The summed E-state index contributed by atoms with van der Waals surface area (Å²) in [5.74, 6) is -0.0448. The van der Waals surface area contributed by atoms with Gasteiger partial charge in [0.1, 0.15) is 5.41 Å². The van der Waals surface area contributed by atoms with Gasteiger partial charge in [0.05, 0.1) is 20.3 Å². The third kappa shape index (κ3) is 2.56. The Morgan fingerprint density at radius 2 is 2.06 bits per heavy atom. The van der Waals surface area contributed by atoms with Crippen LogP contribution in [0.2, 0.25) is 0 Å². The van der Waals surface area contributed by atoms with Gasteiger partial charge in [-0.15, -0.1) is 0 Å². The molecule has 96 valence electrons. The third-order valence-corrected chi connectivity index (χ3v) is 2.96. The SMILES string of the molecule is COc1ncc(Br)cc1C(CO)(CO)C(F)F. The lowest BCUT2D eigenvalue weighted by atomic mass is 9.83. The molecule has 7 heteroatoms. The molecular weight excluding hydrogens is 300 g/mol. The predicted octanol–water partition coefficient (Wildman–Crippen LogP) is 1.34. The number of halogens is 3. The van der Waals surface area contributed by atoms with Crippen LogP contribution in [0, 0.1) is 0 Å². The highest BCUT2D eigenvalue weighted by atomic mass is 79.9. The highest BCUT2D eigenvalue weighted by molar-refractivity contribution is 9.10. The van der Waals surface area contributed by atoms with Crippen LogP contribution in [0.4, 0.5) is 8.78 Å². The molecule has 0 aliphatic heterocycles. The molecule has 0 fully saturated rings. The van der Waals surface area contributed by atoms with E-state index in [0.29, 0.717) is 4.47 Å². The summed E-state index contributed by atoms with van der Waals surface area (Å²) in [4.78, 5) is 3.82. The van der Waals surface area contributed by atoms with Crippen LogP contribution in [-0.4, -0.2) is 41.9 Å². The Kier molecular flexibility index (Phi) is 4.79. The lowest BCUT2D eigenvalue weighted by Crippen LogP contribution is -2.42. The number of methoxy groups -OCH3 is 1. The number of alkyl halides is 2. The molecule has 0 radical (unpaired) electrons. The molecular formula is C10H12BrF2NO3. The molecule has 0 atom stereocenters. The smallest absolute Gasteiger partial charge is 0.252 e. The predicted molar refractivity (Wildman–Crippen MR) is 60.3 cm³/mol. The summed E-state index contributed by atoms with van der Waals surface area (Å²) in [5.41, 5.74) is -2.11. The molecule has 17 heavy (non-hydrogen) atoms. The summed E-state index contributed by atoms with van der Waals surface area (Å²) in [6.07, 6.45) is -1.56. The van der Waals surface area contributed by atoms with Gasteiger partial charge in [-0.2, -0.15) is 0 Å². The van der Waals surface area contributed by atoms with Gasteiger partial charge in [0.2, 0.25) is 5.88 Å². The zero-order valence-corrected chi connectivity index (χ0v) is 10.6. The van der Waals surface area contributed by atoms with Gasteiger partial charge in [0, 0.05) is 16.2 Å². The van der Waals surface area contributed by atoms with E-state index in [0.717, 1.165) is 0 Å². The van der Waals surface area contributed by atoms with Gasteiger partial charge in [0.15, 0.2) is 0 Å². The second-order valence-corrected chi connectivity index (χ2v) is 4.40. The van der Waals surface area contributed by atoms with Crippen LogP contribution in [-0.2, 0) is 5.41 Å². The van der Waals surface area contributed by atoms with Crippen molar-refractivity contribution in [2.24, 2.45) is 0 Å². The van der Waals surface area contributed by atoms with E-state index < -0.39 is 25.1 Å². The first kappa shape index (κ1) is 14.3. The molecule has 0 amide bonds. The van der Waals surface area contributed by atoms with Crippen molar-refractivity contribution in [3.05, 3.63) is 22.3 Å². The van der Waals surface area contributed by atoms with Crippen LogP contribution in [0.3, 0.4) is 0 Å². The van der Waals surface area contributed by atoms with Crippen molar-refractivity contribution in [3.8, 4) is 5.88 Å². The van der Waals surface area contributed by atoms with Crippen LogP contribution in [0.25, 0.3) is 0 Å². The Morgan fingerprint density at radius 3 is 2.47 bits per heavy atom. The molecule has 1 heterocycles. The number of aliphatic hydroxyl groups is 2. The first-order valence-corrected chi connectivity index (χ1v) is 5.51. The fourth-order valence-corrected chi connectivity index (χ4v) is 1.75. The molecule has 2 N–H and O–H groups in total. The van der Waals surface area contributed by atoms with Crippen LogP contribution in [0.15, 0.2) is 16.7 Å². The molecule has 0 aliphatic rings. The fourth-order valence-electron chi connectivity index (χ4n) is 1.42. The largest absolute Gasteiger partial charge is 0.481 e. The van der Waals surface area contributed by atoms with Gasteiger partial charge in [0.25, 0.3) is 6.43 Å². The summed E-state index contributed by atoms with van der Waals surface area (Å²) in [7, 11) is 1.28. The van der Waals surface area contributed by atoms with Crippen molar-refractivity contribution in [1.29, 1.82) is 0 Å². The average Bonchev–Trinajstić information content (AvgIpc) is 2.31. The van der Waals surface area contributed by atoms with E-state index in [-0.39, 0.29) is 11.4 Å². The number of aliphatic hydroxyl groups excluding tert-OH is 2. The Morgan fingerprint density at radius 1 is 1.47 bits per heavy atom. The minimum Gasteiger partial charge on any atom is -0.481 e. The topological polar surface area (TPSA) is 62.6 Å². The van der Waals surface area contributed by atoms with Crippen molar-refractivity contribution in [3.63, 3.8) is 0 Å². The molecule has 1 aromatic rings. The van der Waals surface area contributed by atoms with Crippen LogP contribution < -0.4 is 4.74 Å². The van der Waals surface area contributed by atoms with Crippen molar-refractivity contribution >= 4 is 15.9 Å². The van der Waals surface area contributed by atoms with Crippen LogP contribution in [0.1, 0.15) is 5.56 Å². The summed E-state index contributed by atoms with van der Waals surface area (Å²) in [6, 6.07) is 1.35. The number of ether oxygens (including phenoxy) is 1. The minimum atomic E-state index is -2.94. The summed E-state index contributed by atoms with van der Waals surface area (Å²) >= 11 is 3.10. The molecule has 0 spiro atoms. The molecule has 0 unspecified atom stereocenters. The summed E-state index contributed by atoms with van der Waals surface area (Å²) < 4.78 is 31.5. The molecule has 4 nitrogen and oxygen atoms in total. The van der Waals surface area contributed by atoms with E-state index in [1.54, 1.807) is 0 Å². The lowest BCUT2D eigenvalue weighted by molar-refractivity contribution is -0.0214. The highest BCUT2D eigenvalue weighted by Gasteiger charge is 2.43. The maximum Gasteiger partial charge on any atom is 0.252 e. The number of hydrogen-bond donors (Lipinski definition) is 2. The first-order valence-electron chi connectivity index (χ1n) is 4.71. The van der Waals surface area contributed by atoms with Gasteiger partial charge >= 0.3 is 0 Å². The maximum absolute atomic E-state index is 13.1. The lowest BCUT2D eigenvalue weighted by Gasteiger charge is -2.30. The molecule has 0 bridgehead atoms. The van der Waals surface area contributed by atoms with Crippen LogP contribution >= 0.6 is 15.9 Å². The quantitative estimate of drug-likeness (QED) is 0.861. The normalized spacial score (nSPS) is 11.9. The maximum atomic E-state index is 13.1. The number of aromatic nitrogens is 1. The van der Waals surface area contributed by atoms with Crippen molar-refractivity contribution in [2.45, 2.75) is 11.8 Å². The van der Waals surface area contributed by atoms with Crippen molar-refractivity contribution in [2.75, 3.05) is 20.3 Å².